The average molecular weight is 329 g/mol. The molecule has 0 spiro atoms. The van der Waals surface area contributed by atoms with Gasteiger partial charge in [-0.2, -0.15) is 0 Å². The van der Waals surface area contributed by atoms with E-state index < -0.39 is 17.9 Å². The zero-order valence-electron chi connectivity index (χ0n) is 14.5. The molecule has 1 aromatic heterocycles. The second kappa shape index (κ2) is 7.34. The van der Waals surface area contributed by atoms with Crippen LogP contribution in [0.3, 0.4) is 0 Å². The molecular formula is C19H23NO4. The summed E-state index contributed by atoms with van der Waals surface area (Å²) in [7, 11) is 4.51. The topological polar surface area (TPSA) is 57.5 Å². The smallest absolute Gasteiger partial charge is 0.320 e. The zero-order chi connectivity index (χ0) is 17.9. The number of aryl methyl sites for hydroxylation is 2. The number of para-hydroxylation sites is 1. The van der Waals surface area contributed by atoms with E-state index in [2.05, 4.69) is 17.2 Å². The highest BCUT2D eigenvalue weighted by atomic mass is 16.5. The summed E-state index contributed by atoms with van der Waals surface area (Å²) in [6, 6.07) is 8.09. The Bertz CT molecular complexity index is 720. The maximum absolute atomic E-state index is 12.0. The molecule has 1 unspecified atom stereocenters. The van der Waals surface area contributed by atoms with Gasteiger partial charge >= 0.3 is 11.9 Å². The molecule has 0 amide bonds. The summed E-state index contributed by atoms with van der Waals surface area (Å²) < 4.78 is 11.6. The molecular weight excluding hydrogens is 306 g/mol. The molecule has 1 atom stereocenters. The van der Waals surface area contributed by atoms with Gasteiger partial charge in [0.05, 0.1) is 14.2 Å². The molecule has 5 heteroatoms. The molecule has 128 valence electrons. The van der Waals surface area contributed by atoms with Gasteiger partial charge in [-0.25, -0.2) is 0 Å². The van der Waals surface area contributed by atoms with Gasteiger partial charge in [-0.1, -0.05) is 24.3 Å². The summed E-state index contributed by atoms with van der Waals surface area (Å²) in [6.45, 7) is 5.94. The Hall–Kier alpha value is -2.56. The lowest BCUT2D eigenvalue weighted by atomic mass is 9.90. The van der Waals surface area contributed by atoms with Gasteiger partial charge in [-0.15, -0.1) is 6.58 Å². The molecule has 0 radical (unpaired) electrons. The number of benzene rings is 1. The molecule has 0 saturated carbocycles. The molecule has 0 bridgehead atoms. The molecule has 0 saturated heterocycles. The minimum Gasteiger partial charge on any atom is -0.468 e. The number of hydrogen-bond donors (Lipinski definition) is 0. The lowest BCUT2D eigenvalue weighted by Gasteiger charge is -2.20. The molecule has 0 N–H and O–H groups in total. The number of allylic oxidation sites excluding steroid dienone is 1. The van der Waals surface area contributed by atoms with E-state index in [1.807, 2.05) is 32.2 Å². The molecule has 24 heavy (non-hydrogen) atoms. The van der Waals surface area contributed by atoms with Crippen molar-refractivity contribution in [3.05, 3.63) is 48.2 Å². The van der Waals surface area contributed by atoms with E-state index in [0.29, 0.717) is 0 Å². The number of aromatic nitrogens is 1. The van der Waals surface area contributed by atoms with Gasteiger partial charge in [0.2, 0.25) is 0 Å². The van der Waals surface area contributed by atoms with Crippen molar-refractivity contribution in [3.8, 4) is 0 Å². The van der Waals surface area contributed by atoms with Crippen LogP contribution in [0.4, 0.5) is 0 Å². The number of carbonyl (C=O) groups excluding carboxylic acids is 2. The summed E-state index contributed by atoms with van der Waals surface area (Å²) in [5.41, 5.74) is 3.25. The highest BCUT2D eigenvalue weighted by Gasteiger charge is 2.32. The molecule has 1 heterocycles. The number of methoxy groups -OCH3 is 2. The van der Waals surface area contributed by atoms with Gasteiger partial charge in [0.25, 0.3) is 0 Å². The second-order valence-electron chi connectivity index (χ2n) is 5.76. The van der Waals surface area contributed by atoms with Crippen molar-refractivity contribution >= 4 is 22.8 Å². The first kappa shape index (κ1) is 17.8. The van der Waals surface area contributed by atoms with Crippen LogP contribution in [-0.4, -0.2) is 30.7 Å². The highest BCUT2D eigenvalue weighted by Crippen LogP contribution is 2.34. The number of nitrogens with zero attached hydrogens (tertiary/aromatic N) is 1. The summed E-state index contributed by atoms with van der Waals surface area (Å²) in [4.78, 5) is 23.9. The van der Waals surface area contributed by atoms with Crippen LogP contribution in [0.1, 0.15) is 23.6 Å². The predicted octanol–water partition coefficient (Wildman–Crippen LogP) is 3.11. The molecule has 0 aliphatic rings. The fourth-order valence-electron chi connectivity index (χ4n) is 3.28. The van der Waals surface area contributed by atoms with Crippen molar-refractivity contribution in [2.45, 2.75) is 19.3 Å². The van der Waals surface area contributed by atoms with Crippen molar-refractivity contribution in [1.29, 1.82) is 0 Å². The average Bonchev–Trinajstić information content (AvgIpc) is 2.86. The van der Waals surface area contributed by atoms with Gasteiger partial charge in [-0.3, -0.25) is 9.59 Å². The van der Waals surface area contributed by atoms with Crippen molar-refractivity contribution < 1.29 is 19.1 Å². The van der Waals surface area contributed by atoms with Crippen molar-refractivity contribution in [1.82, 2.24) is 4.57 Å². The minimum atomic E-state index is -0.972. The molecule has 2 aromatic rings. The van der Waals surface area contributed by atoms with Crippen LogP contribution in [0.15, 0.2) is 36.9 Å². The van der Waals surface area contributed by atoms with Crippen molar-refractivity contribution in [3.63, 3.8) is 0 Å². The number of carbonyl (C=O) groups is 2. The van der Waals surface area contributed by atoms with Crippen LogP contribution < -0.4 is 0 Å². The van der Waals surface area contributed by atoms with E-state index in [1.54, 1.807) is 6.08 Å². The van der Waals surface area contributed by atoms with Crippen molar-refractivity contribution in [2.75, 3.05) is 14.2 Å². The van der Waals surface area contributed by atoms with Crippen LogP contribution in [-0.2, 0) is 26.1 Å². The Kier molecular flexibility index (Phi) is 5.44. The quantitative estimate of drug-likeness (QED) is 0.464. The molecule has 0 fully saturated rings. The van der Waals surface area contributed by atoms with E-state index in [-0.39, 0.29) is 12.3 Å². The van der Waals surface area contributed by atoms with Crippen LogP contribution >= 0.6 is 0 Å². The van der Waals surface area contributed by atoms with Gasteiger partial charge in [0, 0.05) is 29.6 Å². The Morgan fingerprint density at radius 2 is 1.79 bits per heavy atom. The molecule has 0 aliphatic carbocycles. The molecule has 2 rings (SSSR count). The number of ether oxygens (including phenoxy) is 2. The van der Waals surface area contributed by atoms with E-state index in [1.165, 1.54) is 14.2 Å². The monoisotopic (exact) mass is 329 g/mol. The third-order valence-electron chi connectivity index (χ3n) is 4.51. The normalized spacial score (nSPS) is 12.2. The predicted molar refractivity (Wildman–Crippen MR) is 92.7 cm³/mol. The number of esters is 2. The van der Waals surface area contributed by atoms with E-state index in [0.717, 1.165) is 22.2 Å². The van der Waals surface area contributed by atoms with Crippen LogP contribution in [0.2, 0.25) is 0 Å². The standard InChI is InChI=1S/C19H23NO4/c1-6-13(11-15(18(21)23-4)19(22)24-5)17-12(2)14-9-7-8-10-16(14)20(17)3/h6-10,13,15H,1,11H2,2-5H3. The van der Waals surface area contributed by atoms with Gasteiger partial charge in [0.1, 0.15) is 0 Å². The molecule has 1 aromatic carbocycles. The minimum absolute atomic E-state index is 0.175. The lowest BCUT2D eigenvalue weighted by Crippen LogP contribution is -2.28. The number of fused-ring (bicyclic) bond motifs is 1. The van der Waals surface area contributed by atoms with E-state index in [4.69, 9.17) is 9.47 Å². The first-order chi connectivity index (χ1) is 11.5. The van der Waals surface area contributed by atoms with Gasteiger partial charge < -0.3 is 14.0 Å². The summed E-state index contributed by atoms with van der Waals surface area (Å²) in [5.74, 6) is -2.33. The second-order valence-corrected chi connectivity index (χ2v) is 5.76. The summed E-state index contributed by atoms with van der Waals surface area (Å²) in [6.07, 6.45) is 2.02. The lowest BCUT2D eigenvalue weighted by molar-refractivity contribution is -0.159. The fourth-order valence-corrected chi connectivity index (χ4v) is 3.28. The highest BCUT2D eigenvalue weighted by molar-refractivity contribution is 5.95. The first-order valence-electron chi connectivity index (χ1n) is 7.78. The largest absolute Gasteiger partial charge is 0.468 e. The number of hydrogen-bond acceptors (Lipinski definition) is 4. The summed E-state index contributed by atoms with van der Waals surface area (Å²) in [5, 5.41) is 1.15. The van der Waals surface area contributed by atoms with Gasteiger partial charge in [0.15, 0.2) is 5.92 Å². The summed E-state index contributed by atoms with van der Waals surface area (Å²) >= 11 is 0. The third-order valence-corrected chi connectivity index (χ3v) is 4.51. The number of rotatable bonds is 6. The van der Waals surface area contributed by atoms with E-state index >= 15 is 0 Å². The molecule has 5 nitrogen and oxygen atoms in total. The van der Waals surface area contributed by atoms with Crippen LogP contribution in [0.25, 0.3) is 10.9 Å². The Morgan fingerprint density at radius 1 is 1.21 bits per heavy atom. The first-order valence-corrected chi connectivity index (χ1v) is 7.78. The Balaban J connectivity index is 2.46. The van der Waals surface area contributed by atoms with Crippen LogP contribution in [0.5, 0.6) is 0 Å². The van der Waals surface area contributed by atoms with Gasteiger partial charge in [-0.05, 0) is 25.0 Å². The van der Waals surface area contributed by atoms with E-state index in [9.17, 15) is 9.59 Å². The Labute approximate surface area is 141 Å². The third kappa shape index (κ3) is 3.07. The maximum atomic E-state index is 12.0. The molecule has 0 aliphatic heterocycles. The van der Waals surface area contributed by atoms with Crippen LogP contribution in [0, 0.1) is 12.8 Å². The fraction of sp³-hybridized carbons (Fsp3) is 0.368. The SMILES string of the molecule is C=CC(CC(C(=O)OC)C(=O)OC)c1c(C)c2ccccc2n1C. The maximum Gasteiger partial charge on any atom is 0.320 e. The zero-order valence-corrected chi connectivity index (χ0v) is 14.5. The van der Waals surface area contributed by atoms with Crippen molar-refractivity contribution in [2.24, 2.45) is 13.0 Å². The Morgan fingerprint density at radius 3 is 2.29 bits per heavy atom.